The van der Waals surface area contributed by atoms with Gasteiger partial charge >= 0.3 is 0 Å². The van der Waals surface area contributed by atoms with Gasteiger partial charge in [0.05, 0.1) is 6.04 Å². The average molecular weight is 375 g/mol. The minimum Gasteiger partial charge on any atom is -0.486 e. The zero-order chi connectivity index (χ0) is 17.2. The largest absolute Gasteiger partial charge is 0.486 e. The van der Waals surface area contributed by atoms with Crippen molar-refractivity contribution in [3.05, 3.63) is 53.1 Å². The van der Waals surface area contributed by atoms with Gasteiger partial charge in [0.15, 0.2) is 16.6 Å². The lowest BCUT2D eigenvalue weighted by atomic mass is 10.0. The fourth-order valence-electron chi connectivity index (χ4n) is 3.35. The van der Waals surface area contributed by atoms with Gasteiger partial charge in [-0.25, -0.2) is 0 Å². The maximum atomic E-state index is 5.94. The normalized spacial score (nSPS) is 18.9. The van der Waals surface area contributed by atoms with E-state index < -0.39 is 0 Å². The van der Waals surface area contributed by atoms with Crippen LogP contribution in [0, 0.1) is 0 Å². The highest BCUT2D eigenvalue weighted by Crippen LogP contribution is 2.38. The molecule has 2 aliphatic heterocycles. The van der Waals surface area contributed by atoms with Crippen molar-refractivity contribution in [2.45, 2.75) is 18.9 Å². The van der Waals surface area contributed by atoms with Gasteiger partial charge in [-0.05, 0) is 67.0 Å². The van der Waals surface area contributed by atoms with Crippen molar-refractivity contribution >= 4 is 34.6 Å². The Balaban J connectivity index is 1.51. The lowest BCUT2D eigenvalue weighted by Crippen LogP contribution is -2.34. The molecule has 0 radical (unpaired) electrons. The molecule has 0 aliphatic carbocycles. The van der Waals surface area contributed by atoms with Crippen LogP contribution in [0.15, 0.2) is 42.5 Å². The zero-order valence-electron chi connectivity index (χ0n) is 13.7. The summed E-state index contributed by atoms with van der Waals surface area (Å²) in [5.41, 5.74) is 2.16. The molecule has 0 spiro atoms. The Morgan fingerprint density at radius 2 is 1.84 bits per heavy atom. The fourth-order valence-corrected chi connectivity index (χ4v) is 3.81. The molecule has 0 unspecified atom stereocenters. The Kier molecular flexibility index (Phi) is 4.68. The van der Waals surface area contributed by atoms with Gasteiger partial charge in [-0.2, -0.15) is 0 Å². The number of rotatable bonds is 2. The fraction of sp³-hybridized carbons (Fsp3) is 0.316. The maximum Gasteiger partial charge on any atom is 0.173 e. The highest BCUT2D eigenvalue weighted by atomic mass is 35.5. The molecule has 2 heterocycles. The first-order valence-corrected chi connectivity index (χ1v) is 9.22. The molecule has 2 aliphatic rings. The molecule has 1 atom stereocenters. The Morgan fingerprint density at radius 1 is 1.08 bits per heavy atom. The molecule has 2 aromatic rings. The summed E-state index contributed by atoms with van der Waals surface area (Å²) in [7, 11) is 0. The van der Waals surface area contributed by atoms with Crippen LogP contribution >= 0.6 is 23.8 Å². The Bertz CT molecular complexity index is 781. The standard InChI is InChI=1S/C19H19ClN2O2S/c20-14-4-6-15(7-5-14)21-19(25)22-9-1-2-16(22)13-3-8-17-18(12-13)24-11-10-23-17/h3-8,12,16H,1-2,9-11H2,(H,21,25)/t16-/m1/s1. The molecule has 0 saturated carbocycles. The summed E-state index contributed by atoms with van der Waals surface area (Å²) < 4.78 is 11.3. The smallest absolute Gasteiger partial charge is 0.173 e. The van der Waals surface area contributed by atoms with Gasteiger partial charge in [-0.1, -0.05) is 17.7 Å². The summed E-state index contributed by atoms with van der Waals surface area (Å²) in [5, 5.41) is 4.77. The van der Waals surface area contributed by atoms with E-state index in [4.69, 9.17) is 33.3 Å². The third-order valence-corrected chi connectivity index (χ3v) is 5.15. The van der Waals surface area contributed by atoms with Crippen LogP contribution in [0.25, 0.3) is 0 Å². The second-order valence-corrected chi connectivity index (χ2v) is 7.01. The number of hydrogen-bond donors (Lipinski definition) is 1. The van der Waals surface area contributed by atoms with E-state index >= 15 is 0 Å². The molecular weight excluding hydrogens is 356 g/mol. The van der Waals surface area contributed by atoms with Crippen molar-refractivity contribution in [2.24, 2.45) is 0 Å². The van der Waals surface area contributed by atoms with E-state index in [0.29, 0.717) is 18.2 Å². The van der Waals surface area contributed by atoms with Crippen LogP contribution in [-0.2, 0) is 0 Å². The third kappa shape index (κ3) is 3.53. The number of benzene rings is 2. The molecule has 0 bridgehead atoms. The van der Waals surface area contributed by atoms with Crippen molar-refractivity contribution in [1.29, 1.82) is 0 Å². The van der Waals surface area contributed by atoms with Crippen LogP contribution in [0.4, 0.5) is 5.69 Å². The molecule has 1 fully saturated rings. The third-order valence-electron chi connectivity index (χ3n) is 4.56. The van der Waals surface area contributed by atoms with Crippen LogP contribution in [0.5, 0.6) is 11.5 Å². The SMILES string of the molecule is S=C(Nc1ccc(Cl)cc1)N1CCC[C@@H]1c1ccc2c(c1)OCCO2. The molecule has 4 nitrogen and oxygen atoms in total. The van der Waals surface area contributed by atoms with E-state index in [-0.39, 0.29) is 6.04 Å². The van der Waals surface area contributed by atoms with Crippen LogP contribution < -0.4 is 14.8 Å². The van der Waals surface area contributed by atoms with Gasteiger partial charge in [0.2, 0.25) is 0 Å². The summed E-state index contributed by atoms with van der Waals surface area (Å²) >= 11 is 11.6. The molecule has 130 valence electrons. The minimum atomic E-state index is 0.253. The Morgan fingerprint density at radius 3 is 2.64 bits per heavy atom. The molecule has 25 heavy (non-hydrogen) atoms. The van der Waals surface area contributed by atoms with E-state index in [1.807, 2.05) is 30.3 Å². The first-order chi connectivity index (χ1) is 12.2. The predicted octanol–water partition coefficient (Wildman–Crippen LogP) is 4.65. The van der Waals surface area contributed by atoms with Gasteiger partial charge in [0.1, 0.15) is 13.2 Å². The van der Waals surface area contributed by atoms with E-state index in [0.717, 1.165) is 41.7 Å². The first-order valence-electron chi connectivity index (χ1n) is 8.43. The lowest BCUT2D eigenvalue weighted by Gasteiger charge is -2.29. The summed E-state index contributed by atoms with van der Waals surface area (Å²) in [6, 6.07) is 14.0. The highest BCUT2D eigenvalue weighted by molar-refractivity contribution is 7.80. The maximum absolute atomic E-state index is 5.94. The summed E-state index contributed by atoms with van der Waals surface area (Å²) in [6.07, 6.45) is 2.18. The number of ether oxygens (including phenoxy) is 2. The molecule has 2 aromatic carbocycles. The number of halogens is 1. The number of nitrogens with zero attached hydrogens (tertiary/aromatic N) is 1. The molecular formula is C19H19ClN2O2S. The summed E-state index contributed by atoms with van der Waals surface area (Å²) in [6.45, 7) is 2.15. The van der Waals surface area contributed by atoms with Crippen LogP contribution in [-0.4, -0.2) is 29.8 Å². The van der Waals surface area contributed by atoms with Gasteiger partial charge in [-0.3, -0.25) is 0 Å². The molecule has 0 aromatic heterocycles. The van der Waals surface area contributed by atoms with Crippen LogP contribution in [0.2, 0.25) is 5.02 Å². The number of likely N-dealkylation sites (tertiary alicyclic amines) is 1. The highest BCUT2D eigenvalue weighted by Gasteiger charge is 2.29. The molecule has 1 N–H and O–H groups in total. The number of anilines is 1. The number of fused-ring (bicyclic) bond motifs is 1. The first kappa shape index (κ1) is 16.5. The molecule has 6 heteroatoms. The summed E-state index contributed by atoms with van der Waals surface area (Å²) in [5.74, 6) is 1.65. The van der Waals surface area contributed by atoms with E-state index in [1.54, 1.807) is 0 Å². The predicted molar refractivity (Wildman–Crippen MR) is 104 cm³/mol. The van der Waals surface area contributed by atoms with Crippen molar-refractivity contribution < 1.29 is 9.47 Å². The summed E-state index contributed by atoms with van der Waals surface area (Å²) in [4.78, 5) is 2.25. The number of hydrogen-bond acceptors (Lipinski definition) is 3. The molecule has 0 amide bonds. The van der Waals surface area contributed by atoms with E-state index in [1.165, 1.54) is 5.56 Å². The number of thiocarbonyl (C=S) groups is 1. The average Bonchev–Trinajstić information content (AvgIpc) is 3.13. The van der Waals surface area contributed by atoms with Gasteiger partial charge < -0.3 is 19.7 Å². The lowest BCUT2D eigenvalue weighted by molar-refractivity contribution is 0.171. The van der Waals surface area contributed by atoms with Crippen molar-refractivity contribution in [3.63, 3.8) is 0 Å². The monoisotopic (exact) mass is 374 g/mol. The van der Waals surface area contributed by atoms with Crippen molar-refractivity contribution in [3.8, 4) is 11.5 Å². The molecule has 1 saturated heterocycles. The second-order valence-electron chi connectivity index (χ2n) is 6.19. The topological polar surface area (TPSA) is 33.7 Å². The van der Waals surface area contributed by atoms with E-state index in [9.17, 15) is 0 Å². The van der Waals surface area contributed by atoms with E-state index in [2.05, 4.69) is 22.3 Å². The van der Waals surface area contributed by atoms with Crippen LogP contribution in [0.1, 0.15) is 24.4 Å². The Hall–Kier alpha value is -1.98. The van der Waals surface area contributed by atoms with Gasteiger partial charge in [0.25, 0.3) is 0 Å². The quantitative estimate of drug-likeness (QED) is 0.774. The zero-order valence-corrected chi connectivity index (χ0v) is 15.3. The molecule has 4 rings (SSSR count). The Labute approximate surface area is 157 Å². The van der Waals surface area contributed by atoms with Crippen molar-refractivity contribution in [1.82, 2.24) is 4.90 Å². The van der Waals surface area contributed by atoms with Gasteiger partial charge in [-0.15, -0.1) is 0 Å². The van der Waals surface area contributed by atoms with Gasteiger partial charge in [0, 0.05) is 17.3 Å². The van der Waals surface area contributed by atoms with Crippen molar-refractivity contribution in [2.75, 3.05) is 25.1 Å². The van der Waals surface area contributed by atoms with Crippen LogP contribution in [0.3, 0.4) is 0 Å². The number of nitrogens with one attached hydrogen (secondary N) is 1. The second kappa shape index (κ2) is 7.10. The minimum absolute atomic E-state index is 0.253.